The van der Waals surface area contributed by atoms with Crippen LogP contribution in [0, 0.1) is 5.82 Å². The third-order valence-corrected chi connectivity index (χ3v) is 4.99. The summed E-state index contributed by atoms with van der Waals surface area (Å²) < 4.78 is 56.8. The Labute approximate surface area is 202 Å². The summed E-state index contributed by atoms with van der Waals surface area (Å²) in [5, 5.41) is 8.88. The Morgan fingerprint density at radius 2 is 1.58 bits per heavy atom. The predicted molar refractivity (Wildman–Crippen MR) is 122 cm³/mol. The zero-order valence-electron chi connectivity index (χ0n) is 18.5. The first-order chi connectivity index (χ1) is 17.2. The second-order valence-electron chi connectivity index (χ2n) is 7.68. The number of carbonyl (C=O) groups excluding carboxylic acids is 2. The largest absolute Gasteiger partial charge is 0.416 e. The molecule has 0 aliphatic carbocycles. The highest BCUT2D eigenvalue weighted by Gasteiger charge is 2.30. The van der Waals surface area contributed by atoms with Gasteiger partial charge in [0.05, 0.1) is 5.56 Å². The summed E-state index contributed by atoms with van der Waals surface area (Å²) in [6.07, 6.45) is -4.38. The van der Waals surface area contributed by atoms with Crippen LogP contribution >= 0.6 is 0 Å². The Bertz CT molecular complexity index is 1380. The molecule has 11 heteroatoms. The first-order valence-corrected chi connectivity index (χ1v) is 10.6. The van der Waals surface area contributed by atoms with Gasteiger partial charge in [-0.05, 0) is 60.7 Å². The van der Waals surface area contributed by atoms with Gasteiger partial charge in [0, 0.05) is 35.3 Å². The molecular formula is C25H18F4N4O3. The van der Waals surface area contributed by atoms with E-state index in [1.165, 1.54) is 54.6 Å². The third-order valence-electron chi connectivity index (χ3n) is 4.99. The summed E-state index contributed by atoms with van der Waals surface area (Å²) in [5.74, 6) is -0.920. The molecule has 1 aromatic heterocycles. The van der Waals surface area contributed by atoms with Gasteiger partial charge in [-0.3, -0.25) is 9.59 Å². The number of benzene rings is 3. The Balaban J connectivity index is 1.33. The van der Waals surface area contributed by atoms with Crippen LogP contribution in [0.15, 0.2) is 77.3 Å². The minimum atomic E-state index is -4.53. The van der Waals surface area contributed by atoms with Gasteiger partial charge in [0.2, 0.25) is 17.6 Å². The van der Waals surface area contributed by atoms with Gasteiger partial charge >= 0.3 is 6.18 Å². The molecular weight excluding hydrogens is 480 g/mol. The predicted octanol–water partition coefficient (Wildman–Crippen LogP) is 5.72. The summed E-state index contributed by atoms with van der Waals surface area (Å²) in [5.41, 5.74) is 0.146. The van der Waals surface area contributed by atoms with E-state index >= 15 is 0 Å². The monoisotopic (exact) mass is 498 g/mol. The quantitative estimate of drug-likeness (QED) is 0.318. The number of carbonyl (C=O) groups is 2. The Morgan fingerprint density at radius 3 is 2.31 bits per heavy atom. The summed E-state index contributed by atoms with van der Waals surface area (Å²) in [7, 11) is 0. The maximum absolute atomic E-state index is 13.0. The van der Waals surface area contributed by atoms with Gasteiger partial charge in [-0.2, -0.15) is 18.2 Å². The first-order valence-electron chi connectivity index (χ1n) is 10.6. The number of nitrogens with one attached hydrogen (secondary N) is 2. The normalized spacial score (nSPS) is 11.2. The minimum absolute atomic E-state index is 0.00566. The summed E-state index contributed by atoms with van der Waals surface area (Å²) in [4.78, 5) is 29.0. The number of alkyl halides is 3. The number of nitrogens with zero attached hydrogens (tertiary/aromatic N) is 2. The minimum Gasteiger partial charge on any atom is -0.339 e. The van der Waals surface area contributed by atoms with Crippen molar-refractivity contribution in [2.24, 2.45) is 0 Å². The number of rotatable bonds is 7. The standard InChI is InChI=1S/C25H18F4N4O3/c26-18-9-7-15(8-10-18)23-32-22(36-33-23)12-11-21(34)30-19-5-1-3-16(13-19)24(35)31-20-6-2-4-17(14-20)25(27,28)29/h1-10,13-14H,11-12H2,(H,30,34)(H,31,35). The van der Waals surface area contributed by atoms with Crippen molar-refractivity contribution in [2.45, 2.75) is 19.0 Å². The van der Waals surface area contributed by atoms with Gasteiger partial charge in [0.1, 0.15) is 5.82 Å². The molecule has 7 nitrogen and oxygen atoms in total. The molecule has 0 fully saturated rings. The molecule has 0 saturated heterocycles. The molecule has 4 rings (SSSR count). The number of halogens is 4. The van der Waals surface area contributed by atoms with Crippen molar-refractivity contribution >= 4 is 23.2 Å². The third kappa shape index (κ3) is 6.32. The van der Waals surface area contributed by atoms with E-state index in [1.54, 1.807) is 6.07 Å². The van der Waals surface area contributed by atoms with Gasteiger partial charge < -0.3 is 15.2 Å². The Morgan fingerprint density at radius 1 is 0.889 bits per heavy atom. The molecule has 184 valence electrons. The first kappa shape index (κ1) is 24.6. The van der Waals surface area contributed by atoms with E-state index in [9.17, 15) is 27.2 Å². The molecule has 0 aliphatic heterocycles. The molecule has 0 atom stereocenters. The molecule has 0 spiro atoms. The van der Waals surface area contributed by atoms with E-state index in [0.29, 0.717) is 11.3 Å². The number of amides is 2. The zero-order chi connectivity index (χ0) is 25.7. The lowest BCUT2D eigenvalue weighted by Crippen LogP contribution is -2.15. The SMILES string of the molecule is O=C(CCc1nc(-c2ccc(F)cc2)no1)Nc1cccc(C(=O)Nc2cccc(C(F)(F)F)c2)c1. The van der Waals surface area contributed by atoms with E-state index in [1.807, 2.05) is 0 Å². The fraction of sp³-hybridized carbons (Fsp3) is 0.120. The molecule has 2 amide bonds. The highest BCUT2D eigenvalue weighted by molar-refractivity contribution is 6.05. The van der Waals surface area contributed by atoms with Gasteiger partial charge in [-0.15, -0.1) is 0 Å². The highest BCUT2D eigenvalue weighted by atomic mass is 19.4. The van der Waals surface area contributed by atoms with Crippen molar-refractivity contribution in [3.8, 4) is 11.4 Å². The number of hydrogen-bond donors (Lipinski definition) is 2. The molecule has 0 bridgehead atoms. The second-order valence-corrected chi connectivity index (χ2v) is 7.68. The maximum Gasteiger partial charge on any atom is 0.416 e. The fourth-order valence-electron chi connectivity index (χ4n) is 3.23. The topological polar surface area (TPSA) is 97.1 Å². The Hall–Kier alpha value is -4.54. The number of aryl methyl sites for hydroxylation is 1. The molecule has 1 heterocycles. The Kier molecular flexibility index (Phi) is 7.09. The van der Waals surface area contributed by atoms with Crippen LogP contribution in [-0.4, -0.2) is 22.0 Å². The van der Waals surface area contributed by atoms with Crippen LogP contribution in [0.3, 0.4) is 0 Å². The van der Waals surface area contributed by atoms with E-state index in [2.05, 4.69) is 20.8 Å². The maximum atomic E-state index is 13.0. The summed E-state index contributed by atoms with van der Waals surface area (Å²) in [6.45, 7) is 0. The van der Waals surface area contributed by atoms with Crippen molar-refractivity contribution in [3.63, 3.8) is 0 Å². The molecule has 0 radical (unpaired) electrons. The van der Waals surface area contributed by atoms with Crippen molar-refractivity contribution in [1.29, 1.82) is 0 Å². The van der Waals surface area contributed by atoms with Crippen LogP contribution in [-0.2, 0) is 17.4 Å². The van der Waals surface area contributed by atoms with Crippen LogP contribution in [0.2, 0.25) is 0 Å². The van der Waals surface area contributed by atoms with Crippen LogP contribution in [0.5, 0.6) is 0 Å². The second kappa shape index (κ2) is 10.4. The average molecular weight is 498 g/mol. The van der Waals surface area contributed by atoms with Crippen molar-refractivity contribution in [2.75, 3.05) is 10.6 Å². The van der Waals surface area contributed by atoms with E-state index in [4.69, 9.17) is 4.52 Å². The van der Waals surface area contributed by atoms with Crippen molar-refractivity contribution in [1.82, 2.24) is 10.1 Å². The van der Waals surface area contributed by atoms with Gasteiger partial charge in [-0.1, -0.05) is 17.3 Å². The fourth-order valence-corrected chi connectivity index (χ4v) is 3.23. The molecule has 2 N–H and O–H groups in total. The van der Waals surface area contributed by atoms with Gasteiger partial charge in [0.25, 0.3) is 5.91 Å². The molecule has 4 aromatic rings. The number of aromatic nitrogens is 2. The molecule has 0 aliphatic rings. The smallest absolute Gasteiger partial charge is 0.339 e. The van der Waals surface area contributed by atoms with Gasteiger partial charge in [0.15, 0.2) is 0 Å². The van der Waals surface area contributed by atoms with Gasteiger partial charge in [-0.25, -0.2) is 4.39 Å². The lowest BCUT2D eigenvalue weighted by Gasteiger charge is -2.11. The summed E-state index contributed by atoms with van der Waals surface area (Å²) >= 11 is 0. The molecule has 0 saturated carbocycles. The van der Waals surface area contributed by atoms with Crippen LogP contribution in [0.25, 0.3) is 11.4 Å². The van der Waals surface area contributed by atoms with E-state index < -0.39 is 23.5 Å². The molecule has 3 aromatic carbocycles. The van der Waals surface area contributed by atoms with Crippen LogP contribution in [0.4, 0.5) is 28.9 Å². The molecule has 36 heavy (non-hydrogen) atoms. The highest BCUT2D eigenvalue weighted by Crippen LogP contribution is 2.30. The zero-order valence-corrected chi connectivity index (χ0v) is 18.5. The van der Waals surface area contributed by atoms with Crippen molar-refractivity contribution in [3.05, 3.63) is 95.6 Å². The lowest BCUT2D eigenvalue weighted by atomic mass is 10.1. The average Bonchev–Trinajstić information content (AvgIpc) is 3.32. The molecule has 0 unspecified atom stereocenters. The van der Waals surface area contributed by atoms with Crippen LogP contribution in [0.1, 0.15) is 28.2 Å². The number of anilines is 2. The van der Waals surface area contributed by atoms with E-state index in [-0.39, 0.29) is 41.7 Å². The van der Waals surface area contributed by atoms with Crippen molar-refractivity contribution < 1.29 is 31.7 Å². The summed E-state index contributed by atoms with van der Waals surface area (Å²) in [6, 6.07) is 15.8. The van der Waals surface area contributed by atoms with E-state index in [0.717, 1.165) is 12.1 Å². The lowest BCUT2D eigenvalue weighted by molar-refractivity contribution is -0.137. The van der Waals surface area contributed by atoms with Crippen LogP contribution < -0.4 is 10.6 Å². The number of hydrogen-bond acceptors (Lipinski definition) is 5.